The predicted octanol–water partition coefficient (Wildman–Crippen LogP) is 0.873. The molecular weight excluding hydrogens is 147 g/mol. The molecule has 1 radical (unpaired) electrons. The van der Waals surface area contributed by atoms with Gasteiger partial charge in [-0.1, -0.05) is 13.8 Å². The molecule has 0 heterocycles. The first-order valence-corrected chi connectivity index (χ1v) is 3.34. The van der Waals surface area contributed by atoms with Crippen LogP contribution in [0.15, 0.2) is 0 Å². The van der Waals surface area contributed by atoms with E-state index >= 15 is 0 Å². The van der Waals surface area contributed by atoms with Crippen LogP contribution in [0.1, 0.15) is 20.3 Å². The zero-order valence-corrected chi connectivity index (χ0v) is 6.53. The van der Waals surface area contributed by atoms with Gasteiger partial charge in [-0.3, -0.25) is 9.59 Å². The molecule has 0 aromatic carbocycles. The van der Waals surface area contributed by atoms with E-state index in [0.29, 0.717) is 13.9 Å². The molecule has 11 heavy (non-hydrogen) atoms. The largest absolute Gasteiger partial charge is 0.526 e. The van der Waals surface area contributed by atoms with E-state index in [1.54, 1.807) is 6.92 Å². The van der Waals surface area contributed by atoms with Crippen molar-refractivity contribution in [1.82, 2.24) is 0 Å². The van der Waals surface area contributed by atoms with Gasteiger partial charge in [0.1, 0.15) is 0 Å². The summed E-state index contributed by atoms with van der Waals surface area (Å²) < 4.78 is 4.29. The molecule has 0 aliphatic carbocycles. The summed E-state index contributed by atoms with van der Waals surface area (Å²) in [4.78, 5) is 20.6. The molecule has 0 amide bonds. The van der Waals surface area contributed by atoms with Crippen LogP contribution in [0.25, 0.3) is 0 Å². The lowest BCUT2D eigenvalue weighted by Gasteiger charge is -2.05. The van der Waals surface area contributed by atoms with Crippen LogP contribution in [0, 0.1) is 5.92 Å². The summed E-state index contributed by atoms with van der Waals surface area (Å²) in [6, 6.07) is 0. The normalized spacial score (nSPS) is 11.8. The average molecular weight is 157 g/mol. The van der Waals surface area contributed by atoms with E-state index in [4.69, 9.17) is 5.11 Å². The van der Waals surface area contributed by atoms with Gasteiger partial charge in [0.05, 0.1) is 5.92 Å². The third-order valence-electron chi connectivity index (χ3n) is 1.29. The smallest absolute Gasteiger partial charge is 0.512 e. The van der Waals surface area contributed by atoms with Crippen LogP contribution in [0.4, 0.5) is 4.79 Å². The van der Waals surface area contributed by atoms with Gasteiger partial charge in [0.2, 0.25) is 0 Å². The number of rotatable bonds is 4. The molecule has 0 aliphatic heterocycles. The maximum Gasteiger partial charge on any atom is 0.512 e. The molecule has 1 N–H and O–H groups in total. The van der Waals surface area contributed by atoms with Gasteiger partial charge in [0, 0.05) is 0 Å². The van der Waals surface area contributed by atoms with Crippen LogP contribution in [0.2, 0.25) is 0 Å². The van der Waals surface area contributed by atoms with Crippen molar-refractivity contribution in [3.05, 3.63) is 0 Å². The molecule has 0 fully saturated rings. The fourth-order valence-corrected chi connectivity index (χ4v) is 0.391. The van der Waals surface area contributed by atoms with Crippen LogP contribution in [-0.2, 0) is 9.45 Å². The first-order chi connectivity index (χ1) is 5.07. The highest BCUT2D eigenvalue weighted by Gasteiger charge is 2.14. The van der Waals surface area contributed by atoms with Crippen molar-refractivity contribution in [2.24, 2.45) is 5.92 Å². The predicted molar refractivity (Wildman–Crippen MR) is 39.3 cm³/mol. The summed E-state index contributed by atoms with van der Waals surface area (Å²) in [6.45, 7) is 3.50. The topological polar surface area (TPSA) is 63.6 Å². The first-order valence-electron chi connectivity index (χ1n) is 3.34. The fourth-order valence-electron chi connectivity index (χ4n) is 0.391. The second kappa shape index (κ2) is 4.76. The summed E-state index contributed by atoms with van der Waals surface area (Å²) in [5.74, 6) is -2.00. The average Bonchev–Trinajstić information content (AvgIpc) is 1.98. The van der Waals surface area contributed by atoms with Crippen molar-refractivity contribution in [2.45, 2.75) is 20.3 Å². The highest BCUT2D eigenvalue weighted by Crippen LogP contribution is 2.01. The van der Waals surface area contributed by atoms with Crippen molar-refractivity contribution in [3.63, 3.8) is 0 Å². The quantitative estimate of drug-likeness (QED) is 0.615. The second-order valence-corrected chi connectivity index (χ2v) is 2.20. The summed E-state index contributed by atoms with van der Waals surface area (Å²) in [7, 11) is 0.495. The Bertz CT molecular complexity index is 157. The van der Waals surface area contributed by atoms with Crippen LogP contribution >= 0.6 is 0 Å². The molecule has 1 unspecified atom stereocenters. The third kappa shape index (κ3) is 4.41. The van der Waals surface area contributed by atoms with Gasteiger partial charge < -0.3 is 9.76 Å². The Labute approximate surface area is 65.8 Å². The van der Waals surface area contributed by atoms with E-state index in [1.165, 1.54) is 0 Å². The van der Waals surface area contributed by atoms with E-state index in [1.807, 2.05) is 6.92 Å². The first kappa shape index (κ1) is 10.0. The Morgan fingerprint density at radius 3 is 2.55 bits per heavy atom. The van der Waals surface area contributed by atoms with Crippen molar-refractivity contribution in [1.29, 1.82) is 0 Å². The summed E-state index contributed by atoms with van der Waals surface area (Å²) in [6.07, 6.45) is 0.645. The number of carbonyl (C=O) groups is 2. The molecule has 0 saturated carbocycles. The zero-order valence-electron chi connectivity index (χ0n) is 6.53. The van der Waals surface area contributed by atoms with Gasteiger partial charge in [0.25, 0.3) is 11.8 Å². The molecule has 0 aliphatic rings. The highest BCUT2D eigenvalue weighted by atomic mass is 16.5. The number of hydrogen-bond donors (Lipinski definition) is 1. The van der Waals surface area contributed by atoms with Crippen molar-refractivity contribution < 1.29 is 19.3 Å². The maximum atomic E-state index is 10.8. The molecule has 1 atom stereocenters. The SMILES string of the molecule is CCC(C)C(=O)O[B]C(=O)O. The van der Waals surface area contributed by atoms with Gasteiger partial charge in [-0.15, -0.1) is 0 Å². The minimum absolute atomic E-state index is 0.245. The number of hydrogen-bond acceptors (Lipinski definition) is 3. The molecule has 0 bridgehead atoms. The molecule has 5 heteroatoms. The number of carbonyl (C=O) groups excluding carboxylic acids is 1. The molecule has 61 valence electrons. The van der Waals surface area contributed by atoms with Crippen LogP contribution < -0.4 is 0 Å². The lowest BCUT2D eigenvalue weighted by Crippen LogP contribution is -2.20. The monoisotopic (exact) mass is 157 g/mol. The maximum absolute atomic E-state index is 10.8. The molecule has 0 rings (SSSR count). The minimum atomic E-state index is -1.25. The minimum Gasteiger partial charge on any atom is -0.526 e. The summed E-state index contributed by atoms with van der Waals surface area (Å²) in [5.41, 5.74) is 0. The number of carboxylic acid groups (broad SMARTS) is 1. The molecular formula is C6H10BO4. The summed E-state index contributed by atoms with van der Waals surface area (Å²) >= 11 is 0. The lowest BCUT2D eigenvalue weighted by molar-refractivity contribution is -0.138. The Morgan fingerprint density at radius 2 is 2.18 bits per heavy atom. The van der Waals surface area contributed by atoms with Crippen molar-refractivity contribution in [2.75, 3.05) is 0 Å². The second-order valence-electron chi connectivity index (χ2n) is 2.20. The molecule has 0 aromatic rings. The highest BCUT2D eigenvalue weighted by molar-refractivity contribution is 6.67. The molecule has 4 nitrogen and oxygen atoms in total. The van der Waals surface area contributed by atoms with Crippen molar-refractivity contribution in [3.8, 4) is 0 Å². The van der Waals surface area contributed by atoms with Gasteiger partial charge in [-0.2, -0.15) is 0 Å². The molecule has 0 spiro atoms. The van der Waals surface area contributed by atoms with E-state index in [0.717, 1.165) is 0 Å². The fraction of sp³-hybridized carbons (Fsp3) is 0.667. The van der Waals surface area contributed by atoms with Gasteiger partial charge in [-0.05, 0) is 6.42 Å². The van der Waals surface area contributed by atoms with Crippen LogP contribution in [0.3, 0.4) is 0 Å². The molecule has 0 saturated heterocycles. The standard InChI is InChI=1S/C6H10BO4/c1-3-4(2)5(8)11-7-6(9)10/h4H,3H2,1-2H3,(H,9,10). The lowest BCUT2D eigenvalue weighted by atomic mass is 10.0. The summed E-state index contributed by atoms with van der Waals surface area (Å²) in [5, 5.41) is 8.08. The Kier molecular flexibility index (Phi) is 4.33. The third-order valence-corrected chi connectivity index (χ3v) is 1.29. The van der Waals surface area contributed by atoms with E-state index in [2.05, 4.69) is 4.65 Å². The molecule has 0 aromatic heterocycles. The van der Waals surface area contributed by atoms with E-state index in [9.17, 15) is 9.59 Å². The van der Waals surface area contributed by atoms with Crippen LogP contribution in [0.5, 0.6) is 0 Å². The van der Waals surface area contributed by atoms with E-state index < -0.39 is 11.8 Å². The Balaban J connectivity index is 3.60. The zero-order chi connectivity index (χ0) is 8.85. The Morgan fingerprint density at radius 1 is 1.64 bits per heavy atom. The Hall–Kier alpha value is -0.995. The van der Waals surface area contributed by atoms with Crippen molar-refractivity contribution >= 4 is 19.3 Å². The van der Waals surface area contributed by atoms with Gasteiger partial charge >= 0.3 is 7.48 Å². The van der Waals surface area contributed by atoms with Crippen LogP contribution in [-0.4, -0.2) is 24.4 Å². The van der Waals surface area contributed by atoms with Gasteiger partial charge in [-0.25, -0.2) is 0 Å². The van der Waals surface area contributed by atoms with Gasteiger partial charge in [0.15, 0.2) is 0 Å². The van der Waals surface area contributed by atoms with E-state index in [-0.39, 0.29) is 5.92 Å².